The van der Waals surface area contributed by atoms with Gasteiger partial charge in [-0.25, -0.2) is 0 Å². The molecule has 0 saturated carbocycles. The molecule has 0 bridgehead atoms. The van der Waals surface area contributed by atoms with Crippen molar-refractivity contribution in [3.05, 3.63) is 131 Å². The van der Waals surface area contributed by atoms with Crippen LogP contribution < -0.4 is 4.74 Å². The van der Waals surface area contributed by atoms with Crippen LogP contribution in [0.1, 0.15) is 29.2 Å². The van der Waals surface area contributed by atoms with Crippen molar-refractivity contribution in [1.29, 1.82) is 0 Å². The molecule has 0 aliphatic heterocycles. The second kappa shape index (κ2) is 14.5. The number of aromatic hydroxyl groups is 1. The lowest BCUT2D eigenvalue weighted by molar-refractivity contribution is -0.143. The van der Waals surface area contributed by atoms with Crippen LogP contribution in [0.2, 0.25) is 0 Å². The molecule has 0 aliphatic rings. The summed E-state index contributed by atoms with van der Waals surface area (Å²) in [6, 6.07) is 34.2. The van der Waals surface area contributed by atoms with E-state index in [-0.39, 0.29) is 5.75 Å². The van der Waals surface area contributed by atoms with E-state index in [1.807, 2.05) is 109 Å². The Morgan fingerprint density at radius 3 is 1.89 bits per heavy atom. The molecule has 0 aliphatic carbocycles. The van der Waals surface area contributed by atoms with Crippen LogP contribution in [0.25, 0.3) is 0 Å². The first-order valence-corrected chi connectivity index (χ1v) is 12.4. The van der Waals surface area contributed by atoms with E-state index < -0.39 is 12.0 Å². The second-order valence-corrected chi connectivity index (χ2v) is 8.74. The normalized spacial score (nSPS) is 11.3. The lowest BCUT2D eigenvalue weighted by atomic mass is 9.94. The molecule has 4 aromatic carbocycles. The summed E-state index contributed by atoms with van der Waals surface area (Å²) in [5.41, 5.74) is 4.13. The molecular formula is C32H35NO4. The minimum Gasteiger partial charge on any atom is -0.508 e. The predicted octanol–water partition coefficient (Wildman–Crippen LogP) is 6.20. The Morgan fingerprint density at radius 1 is 0.811 bits per heavy atom. The summed E-state index contributed by atoms with van der Waals surface area (Å²) >= 11 is 0. The molecule has 1 atom stereocenters. The van der Waals surface area contributed by atoms with Gasteiger partial charge in [0.05, 0.1) is 7.11 Å². The van der Waals surface area contributed by atoms with Crippen molar-refractivity contribution in [2.75, 3.05) is 13.7 Å². The van der Waals surface area contributed by atoms with Gasteiger partial charge >= 0.3 is 5.97 Å². The number of para-hydroxylation sites is 1. The Morgan fingerprint density at radius 2 is 1.38 bits per heavy atom. The van der Waals surface area contributed by atoms with Crippen LogP contribution in [0.5, 0.6) is 11.5 Å². The van der Waals surface area contributed by atoms with Crippen LogP contribution in [0, 0.1) is 0 Å². The van der Waals surface area contributed by atoms with E-state index in [0.717, 1.165) is 28.0 Å². The number of benzene rings is 4. The van der Waals surface area contributed by atoms with E-state index >= 15 is 0 Å². The number of nitrogens with zero attached hydrogens (tertiary/aromatic N) is 1. The minimum absolute atomic E-state index is 0.197. The summed E-state index contributed by atoms with van der Waals surface area (Å²) in [7, 11) is 1.66. The number of methoxy groups -OCH3 is 1. The van der Waals surface area contributed by atoms with Gasteiger partial charge in [0, 0.05) is 6.54 Å². The zero-order valence-corrected chi connectivity index (χ0v) is 21.5. The molecule has 0 fully saturated rings. The number of hydrogen-bond acceptors (Lipinski definition) is 4. The van der Waals surface area contributed by atoms with Gasteiger partial charge in [-0.05, 0) is 65.9 Å². The maximum absolute atomic E-state index is 12.1. The fourth-order valence-corrected chi connectivity index (χ4v) is 4.19. The summed E-state index contributed by atoms with van der Waals surface area (Å²) in [5, 5.41) is 19.9. The fraction of sp³-hybridized carbons (Fsp3) is 0.219. The molecule has 2 N–H and O–H groups in total. The van der Waals surface area contributed by atoms with E-state index in [1.54, 1.807) is 19.2 Å². The van der Waals surface area contributed by atoms with Crippen molar-refractivity contribution in [1.82, 2.24) is 4.90 Å². The second-order valence-electron chi connectivity index (χ2n) is 8.74. The maximum Gasteiger partial charge on any atom is 0.321 e. The predicted molar refractivity (Wildman–Crippen MR) is 148 cm³/mol. The van der Waals surface area contributed by atoms with Gasteiger partial charge in [-0.2, -0.15) is 0 Å². The van der Waals surface area contributed by atoms with E-state index in [9.17, 15) is 15.0 Å². The van der Waals surface area contributed by atoms with Crippen molar-refractivity contribution in [3.8, 4) is 11.5 Å². The molecule has 1 unspecified atom stereocenters. The summed E-state index contributed by atoms with van der Waals surface area (Å²) < 4.78 is 4.91. The molecule has 5 nitrogen and oxygen atoms in total. The molecule has 0 radical (unpaired) electrons. The topological polar surface area (TPSA) is 70.0 Å². The number of rotatable bonds is 10. The highest BCUT2D eigenvalue weighted by atomic mass is 16.5. The first kappa shape index (κ1) is 27.5. The fourth-order valence-electron chi connectivity index (χ4n) is 4.19. The van der Waals surface area contributed by atoms with Crippen LogP contribution >= 0.6 is 0 Å². The Labute approximate surface area is 219 Å². The molecule has 0 amide bonds. The van der Waals surface area contributed by atoms with Crippen molar-refractivity contribution in [2.45, 2.75) is 32.4 Å². The van der Waals surface area contributed by atoms with Crippen molar-refractivity contribution in [3.63, 3.8) is 0 Å². The summed E-state index contributed by atoms with van der Waals surface area (Å²) in [5.74, 6) is 0.275. The summed E-state index contributed by atoms with van der Waals surface area (Å²) in [6.07, 6.45) is 1.04. The van der Waals surface area contributed by atoms with Crippen LogP contribution in [0.4, 0.5) is 0 Å². The van der Waals surface area contributed by atoms with Crippen molar-refractivity contribution in [2.24, 2.45) is 0 Å². The van der Waals surface area contributed by atoms with Gasteiger partial charge in [-0.1, -0.05) is 91.9 Å². The number of phenols is 1. The molecule has 4 rings (SSSR count). The lowest BCUT2D eigenvalue weighted by Crippen LogP contribution is -2.42. The third-order valence-corrected chi connectivity index (χ3v) is 6.18. The highest BCUT2D eigenvalue weighted by molar-refractivity contribution is 5.74. The van der Waals surface area contributed by atoms with Gasteiger partial charge < -0.3 is 14.9 Å². The number of carboxylic acid groups (broad SMARTS) is 1. The van der Waals surface area contributed by atoms with E-state index in [4.69, 9.17) is 4.74 Å². The Balaban J connectivity index is 0.000000405. The maximum atomic E-state index is 12.1. The SMILES string of the molecule is CCN(Cc1ccccc1)C(Cc1ccc(O)cc1Cc1ccccc1)C(=O)O.COc1ccccc1. The van der Waals surface area contributed by atoms with Gasteiger partial charge in [0.25, 0.3) is 0 Å². The minimum atomic E-state index is -0.832. The monoisotopic (exact) mass is 497 g/mol. The van der Waals surface area contributed by atoms with Gasteiger partial charge in [0.15, 0.2) is 0 Å². The Bertz CT molecular complexity index is 1210. The third-order valence-electron chi connectivity index (χ3n) is 6.18. The molecular weight excluding hydrogens is 462 g/mol. The molecule has 37 heavy (non-hydrogen) atoms. The Hall–Kier alpha value is -4.09. The average Bonchev–Trinajstić information content (AvgIpc) is 2.93. The quantitative estimate of drug-likeness (QED) is 0.273. The van der Waals surface area contributed by atoms with Crippen LogP contribution in [0.15, 0.2) is 109 Å². The first-order chi connectivity index (χ1) is 18.0. The lowest BCUT2D eigenvalue weighted by Gasteiger charge is -2.28. The highest BCUT2D eigenvalue weighted by Gasteiger charge is 2.26. The third kappa shape index (κ3) is 8.81. The van der Waals surface area contributed by atoms with Gasteiger partial charge in [-0.3, -0.25) is 9.69 Å². The zero-order chi connectivity index (χ0) is 26.5. The molecule has 4 aromatic rings. The van der Waals surface area contributed by atoms with E-state index in [1.165, 1.54) is 0 Å². The number of aliphatic carboxylic acids is 1. The van der Waals surface area contributed by atoms with E-state index in [0.29, 0.717) is 25.9 Å². The highest BCUT2D eigenvalue weighted by Crippen LogP contribution is 2.23. The largest absolute Gasteiger partial charge is 0.508 e. The standard InChI is InChI=1S/C25H27NO3.C7H8O/c1-2-26(18-20-11-7-4-8-12-20)24(25(28)29)17-21-13-14-23(27)16-22(21)15-19-9-5-3-6-10-19;1-8-7-5-3-2-4-6-7/h3-14,16,24,27H,2,15,17-18H2,1H3,(H,28,29);2-6H,1H3. The molecule has 0 saturated heterocycles. The van der Waals surface area contributed by atoms with Crippen molar-refractivity contribution < 1.29 is 19.7 Å². The van der Waals surface area contributed by atoms with E-state index in [2.05, 4.69) is 0 Å². The molecule has 0 aromatic heterocycles. The van der Waals surface area contributed by atoms with Gasteiger partial charge in [0.1, 0.15) is 17.5 Å². The average molecular weight is 498 g/mol. The van der Waals surface area contributed by atoms with Gasteiger partial charge in [0.2, 0.25) is 0 Å². The van der Waals surface area contributed by atoms with Crippen LogP contribution in [0.3, 0.4) is 0 Å². The first-order valence-electron chi connectivity index (χ1n) is 12.4. The summed E-state index contributed by atoms with van der Waals surface area (Å²) in [4.78, 5) is 14.1. The van der Waals surface area contributed by atoms with Crippen LogP contribution in [-0.2, 0) is 24.2 Å². The smallest absolute Gasteiger partial charge is 0.321 e. The number of ether oxygens (including phenoxy) is 1. The molecule has 5 heteroatoms. The molecule has 0 spiro atoms. The number of likely N-dealkylation sites (N-methyl/N-ethyl adjacent to an activating group) is 1. The van der Waals surface area contributed by atoms with Crippen LogP contribution in [-0.4, -0.2) is 40.8 Å². The number of phenolic OH excluding ortho intramolecular Hbond substituents is 1. The molecule has 192 valence electrons. The number of carboxylic acids is 1. The number of hydrogen-bond donors (Lipinski definition) is 2. The number of carbonyl (C=O) groups is 1. The Kier molecular flexibility index (Phi) is 10.7. The summed E-state index contributed by atoms with van der Waals surface area (Å²) in [6.45, 7) is 3.21. The van der Waals surface area contributed by atoms with Crippen molar-refractivity contribution >= 4 is 5.97 Å². The zero-order valence-electron chi connectivity index (χ0n) is 21.5. The van der Waals surface area contributed by atoms with Gasteiger partial charge in [-0.15, -0.1) is 0 Å². The molecule has 0 heterocycles.